The van der Waals surface area contributed by atoms with Gasteiger partial charge >= 0.3 is 0 Å². The number of benzene rings is 2. The standard InChI is InChI=1S/C25H28FN7O3/c26-21-6-4-19(5-7-21)18-36-22-3-1-2-20(16-22)17-27-31-23-28-24(32-8-12-34-13-9-32)30-25(29-23)33-10-14-35-15-11-33/h1-7,16-17H,8-15,18H2,(H,28,29,30,31)/b27-17-. The van der Waals surface area contributed by atoms with E-state index in [9.17, 15) is 4.39 Å². The van der Waals surface area contributed by atoms with Gasteiger partial charge < -0.3 is 24.0 Å². The minimum Gasteiger partial charge on any atom is -0.489 e. The normalized spacial score (nSPS) is 16.4. The molecule has 10 nitrogen and oxygen atoms in total. The lowest BCUT2D eigenvalue weighted by Gasteiger charge is -2.30. The molecule has 3 heterocycles. The number of ether oxygens (including phenoxy) is 3. The van der Waals surface area contributed by atoms with Gasteiger partial charge in [0.25, 0.3) is 0 Å². The van der Waals surface area contributed by atoms with E-state index in [0.29, 0.717) is 56.6 Å². The van der Waals surface area contributed by atoms with E-state index in [0.717, 1.165) is 37.3 Å². The Balaban J connectivity index is 1.26. The molecule has 0 radical (unpaired) electrons. The number of nitrogens with one attached hydrogen (secondary N) is 1. The third-order valence-electron chi connectivity index (χ3n) is 5.75. The molecule has 11 heteroatoms. The van der Waals surface area contributed by atoms with Crippen LogP contribution in [0.1, 0.15) is 11.1 Å². The van der Waals surface area contributed by atoms with E-state index < -0.39 is 0 Å². The quantitative estimate of drug-likeness (QED) is 0.375. The highest BCUT2D eigenvalue weighted by Crippen LogP contribution is 2.19. The molecule has 0 saturated carbocycles. The molecule has 0 bridgehead atoms. The molecule has 5 rings (SSSR count). The summed E-state index contributed by atoms with van der Waals surface area (Å²) in [6.07, 6.45) is 1.68. The largest absolute Gasteiger partial charge is 0.489 e. The summed E-state index contributed by atoms with van der Waals surface area (Å²) in [5.74, 6) is 1.99. The second kappa shape index (κ2) is 11.7. The lowest BCUT2D eigenvalue weighted by molar-refractivity contribution is 0.121. The lowest BCUT2D eigenvalue weighted by Crippen LogP contribution is -2.40. The van der Waals surface area contributed by atoms with E-state index >= 15 is 0 Å². The second-order valence-electron chi connectivity index (χ2n) is 8.32. The molecule has 188 valence electrons. The van der Waals surface area contributed by atoms with Crippen LogP contribution in [0.5, 0.6) is 5.75 Å². The lowest BCUT2D eigenvalue weighted by atomic mass is 10.2. The number of aromatic nitrogens is 3. The molecule has 1 aromatic heterocycles. The van der Waals surface area contributed by atoms with Crippen molar-refractivity contribution in [1.82, 2.24) is 15.0 Å². The highest BCUT2D eigenvalue weighted by Gasteiger charge is 2.20. The molecule has 2 aliphatic heterocycles. The number of anilines is 3. The molecule has 2 aliphatic rings. The molecule has 0 atom stereocenters. The molecule has 2 aromatic carbocycles. The van der Waals surface area contributed by atoms with Gasteiger partial charge in [0.05, 0.1) is 32.6 Å². The van der Waals surface area contributed by atoms with Crippen LogP contribution in [0.3, 0.4) is 0 Å². The summed E-state index contributed by atoms with van der Waals surface area (Å²) in [4.78, 5) is 18.0. The van der Waals surface area contributed by atoms with Gasteiger partial charge in [0, 0.05) is 26.2 Å². The topological polar surface area (TPSA) is 97.2 Å². The first-order valence-corrected chi connectivity index (χ1v) is 11.9. The van der Waals surface area contributed by atoms with Crippen LogP contribution in [0.2, 0.25) is 0 Å². The van der Waals surface area contributed by atoms with E-state index in [-0.39, 0.29) is 5.82 Å². The van der Waals surface area contributed by atoms with E-state index in [1.165, 1.54) is 12.1 Å². The molecule has 0 amide bonds. The first-order valence-electron chi connectivity index (χ1n) is 11.9. The Morgan fingerprint density at radius 3 is 2.17 bits per heavy atom. The number of halogens is 1. The Hall–Kier alpha value is -3.83. The number of hydrogen-bond acceptors (Lipinski definition) is 10. The predicted molar refractivity (Wildman–Crippen MR) is 134 cm³/mol. The van der Waals surface area contributed by atoms with Crippen LogP contribution in [-0.2, 0) is 16.1 Å². The van der Waals surface area contributed by atoms with Crippen LogP contribution in [-0.4, -0.2) is 73.8 Å². The maximum absolute atomic E-state index is 13.1. The van der Waals surface area contributed by atoms with E-state index in [1.807, 2.05) is 24.3 Å². The minimum absolute atomic E-state index is 0.267. The third-order valence-corrected chi connectivity index (χ3v) is 5.75. The van der Waals surface area contributed by atoms with Crippen LogP contribution in [0.15, 0.2) is 53.6 Å². The number of morpholine rings is 2. The van der Waals surface area contributed by atoms with Crippen LogP contribution in [0.25, 0.3) is 0 Å². The molecule has 2 saturated heterocycles. The first-order chi connectivity index (χ1) is 17.7. The fourth-order valence-corrected chi connectivity index (χ4v) is 3.81. The highest BCUT2D eigenvalue weighted by atomic mass is 19.1. The van der Waals surface area contributed by atoms with E-state index in [2.05, 4.69) is 30.3 Å². The Labute approximate surface area is 208 Å². The van der Waals surface area contributed by atoms with Gasteiger partial charge in [-0.2, -0.15) is 20.1 Å². The summed E-state index contributed by atoms with van der Waals surface area (Å²) in [6.45, 7) is 5.79. The first kappa shape index (κ1) is 23.9. The second-order valence-corrected chi connectivity index (χ2v) is 8.32. The molecule has 0 aliphatic carbocycles. The molecular weight excluding hydrogens is 465 g/mol. The maximum atomic E-state index is 13.1. The van der Waals surface area contributed by atoms with Gasteiger partial charge in [-0.25, -0.2) is 9.82 Å². The van der Waals surface area contributed by atoms with Gasteiger partial charge in [-0.05, 0) is 35.4 Å². The molecule has 36 heavy (non-hydrogen) atoms. The van der Waals surface area contributed by atoms with Crippen molar-refractivity contribution in [3.63, 3.8) is 0 Å². The summed E-state index contributed by atoms with van der Waals surface area (Å²) in [5.41, 5.74) is 4.68. The summed E-state index contributed by atoms with van der Waals surface area (Å²) in [7, 11) is 0. The van der Waals surface area contributed by atoms with Gasteiger partial charge in [-0.15, -0.1) is 0 Å². The third kappa shape index (κ3) is 6.43. The SMILES string of the molecule is Fc1ccc(COc2cccc(/C=N\Nc3nc(N4CCOCC4)nc(N4CCOCC4)n3)c2)cc1. The Kier molecular flexibility index (Phi) is 7.79. The fraction of sp³-hybridized carbons (Fsp3) is 0.360. The van der Waals surface area contributed by atoms with Crippen molar-refractivity contribution in [1.29, 1.82) is 0 Å². The van der Waals surface area contributed by atoms with Crippen molar-refractivity contribution in [2.24, 2.45) is 5.10 Å². The van der Waals surface area contributed by atoms with Gasteiger partial charge in [0.15, 0.2) is 0 Å². The summed E-state index contributed by atoms with van der Waals surface area (Å²) >= 11 is 0. The minimum atomic E-state index is -0.267. The van der Waals surface area contributed by atoms with Crippen molar-refractivity contribution in [2.75, 3.05) is 67.8 Å². The number of rotatable bonds is 8. The van der Waals surface area contributed by atoms with Gasteiger partial charge in [-0.3, -0.25) is 0 Å². The average molecular weight is 494 g/mol. The van der Waals surface area contributed by atoms with Crippen molar-refractivity contribution in [2.45, 2.75) is 6.61 Å². The zero-order valence-electron chi connectivity index (χ0n) is 19.8. The van der Waals surface area contributed by atoms with Crippen LogP contribution in [0, 0.1) is 5.82 Å². The van der Waals surface area contributed by atoms with Gasteiger partial charge in [-0.1, -0.05) is 24.3 Å². The molecule has 2 fully saturated rings. The fourth-order valence-electron chi connectivity index (χ4n) is 3.81. The van der Waals surface area contributed by atoms with Crippen molar-refractivity contribution in [3.05, 3.63) is 65.5 Å². The van der Waals surface area contributed by atoms with Crippen LogP contribution >= 0.6 is 0 Å². The highest BCUT2D eigenvalue weighted by molar-refractivity contribution is 5.80. The molecule has 3 aromatic rings. The monoisotopic (exact) mass is 493 g/mol. The summed E-state index contributed by atoms with van der Waals surface area (Å²) in [6, 6.07) is 13.8. The maximum Gasteiger partial charge on any atom is 0.250 e. The predicted octanol–water partition coefficient (Wildman–Crippen LogP) is 2.71. The Bertz CT molecular complexity index is 1130. The smallest absolute Gasteiger partial charge is 0.250 e. The zero-order valence-corrected chi connectivity index (χ0v) is 19.8. The number of hydrogen-bond donors (Lipinski definition) is 1. The van der Waals surface area contributed by atoms with E-state index in [1.54, 1.807) is 18.3 Å². The van der Waals surface area contributed by atoms with Crippen LogP contribution in [0.4, 0.5) is 22.2 Å². The van der Waals surface area contributed by atoms with Crippen molar-refractivity contribution in [3.8, 4) is 5.75 Å². The van der Waals surface area contributed by atoms with Crippen molar-refractivity contribution >= 4 is 24.1 Å². The van der Waals surface area contributed by atoms with Gasteiger partial charge in [0.2, 0.25) is 17.8 Å². The molecule has 1 N–H and O–H groups in total. The number of hydrazone groups is 1. The molecular formula is C25H28FN7O3. The molecule has 0 spiro atoms. The average Bonchev–Trinajstić information content (AvgIpc) is 2.94. The van der Waals surface area contributed by atoms with E-state index in [4.69, 9.17) is 19.2 Å². The van der Waals surface area contributed by atoms with Crippen molar-refractivity contribution < 1.29 is 18.6 Å². The Morgan fingerprint density at radius 2 is 1.53 bits per heavy atom. The number of nitrogens with zero attached hydrogens (tertiary/aromatic N) is 6. The molecule has 0 unspecified atom stereocenters. The van der Waals surface area contributed by atoms with Gasteiger partial charge in [0.1, 0.15) is 18.2 Å². The zero-order chi connectivity index (χ0) is 24.6. The Morgan fingerprint density at radius 1 is 0.889 bits per heavy atom. The summed E-state index contributed by atoms with van der Waals surface area (Å²) in [5, 5.41) is 4.34. The summed E-state index contributed by atoms with van der Waals surface area (Å²) < 4.78 is 29.9. The van der Waals surface area contributed by atoms with Crippen LogP contribution < -0.4 is 20.0 Å².